The van der Waals surface area contributed by atoms with E-state index < -0.39 is 16.0 Å². The lowest BCUT2D eigenvalue weighted by molar-refractivity contribution is 0.0596. The number of esters is 1. The molecule has 0 saturated heterocycles. The second-order valence-electron chi connectivity index (χ2n) is 6.03. The van der Waals surface area contributed by atoms with Gasteiger partial charge in [-0.25, -0.2) is 17.9 Å². The fourth-order valence-corrected chi connectivity index (χ4v) is 4.23. The Hall–Kier alpha value is -1.44. The number of hydrogen-bond donors (Lipinski definition) is 2. The number of methoxy groups -OCH3 is 1. The normalized spacial score (nSPS) is 16.5. The van der Waals surface area contributed by atoms with E-state index in [-0.39, 0.29) is 17.0 Å². The molecule has 0 radical (unpaired) electrons. The van der Waals surface area contributed by atoms with E-state index in [2.05, 4.69) is 14.8 Å². The van der Waals surface area contributed by atoms with Crippen molar-refractivity contribution in [3.8, 4) is 0 Å². The Balaban J connectivity index is 1.91. The van der Waals surface area contributed by atoms with Gasteiger partial charge in [0.15, 0.2) is 0 Å². The molecule has 1 aromatic carbocycles. The number of carbonyl (C=O) groups is 1. The molecule has 0 atom stereocenters. The van der Waals surface area contributed by atoms with Crippen LogP contribution in [0.4, 0.5) is 0 Å². The molecule has 0 unspecified atom stereocenters. The maximum atomic E-state index is 12.4. The van der Waals surface area contributed by atoms with E-state index in [1.165, 1.54) is 44.9 Å². The highest BCUT2D eigenvalue weighted by molar-refractivity contribution is 7.89. The Bertz CT molecular complexity index is 638. The van der Waals surface area contributed by atoms with E-state index in [1.807, 2.05) is 0 Å². The SMILES string of the molecule is COC(=O)c1ccccc1S(=O)(=O)NCCNC1CCCCCC1. The van der Waals surface area contributed by atoms with Gasteiger partial charge in [0, 0.05) is 19.1 Å². The largest absolute Gasteiger partial charge is 0.465 e. The van der Waals surface area contributed by atoms with Gasteiger partial charge in [-0.05, 0) is 25.0 Å². The van der Waals surface area contributed by atoms with Gasteiger partial charge in [0.1, 0.15) is 0 Å². The molecule has 1 saturated carbocycles. The first-order valence-electron chi connectivity index (χ1n) is 8.45. The lowest BCUT2D eigenvalue weighted by Crippen LogP contribution is -2.37. The van der Waals surface area contributed by atoms with E-state index >= 15 is 0 Å². The number of rotatable bonds is 7. The van der Waals surface area contributed by atoms with Crippen molar-refractivity contribution >= 4 is 16.0 Å². The molecule has 0 aliphatic heterocycles. The Morgan fingerprint density at radius 2 is 1.79 bits per heavy atom. The topological polar surface area (TPSA) is 84.5 Å². The number of sulfonamides is 1. The van der Waals surface area contributed by atoms with Crippen molar-refractivity contribution in [2.75, 3.05) is 20.2 Å². The van der Waals surface area contributed by atoms with Crippen LogP contribution in [0.15, 0.2) is 29.2 Å². The minimum Gasteiger partial charge on any atom is -0.465 e. The zero-order chi connectivity index (χ0) is 17.4. The Labute approximate surface area is 144 Å². The van der Waals surface area contributed by atoms with Gasteiger partial charge in [-0.15, -0.1) is 0 Å². The fraction of sp³-hybridized carbons (Fsp3) is 0.588. The van der Waals surface area contributed by atoms with Gasteiger partial charge in [0.05, 0.1) is 17.6 Å². The summed E-state index contributed by atoms with van der Waals surface area (Å²) in [6, 6.07) is 6.53. The highest BCUT2D eigenvalue weighted by atomic mass is 32.2. The molecule has 6 nitrogen and oxygen atoms in total. The van der Waals surface area contributed by atoms with E-state index in [0.29, 0.717) is 12.6 Å². The quantitative estimate of drug-likeness (QED) is 0.445. The third-order valence-corrected chi connectivity index (χ3v) is 5.81. The molecule has 1 fully saturated rings. The lowest BCUT2D eigenvalue weighted by Gasteiger charge is -2.16. The summed E-state index contributed by atoms with van der Waals surface area (Å²) < 4.78 is 32.1. The Morgan fingerprint density at radius 1 is 1.12 bits per heavy atom. The molecule has 134 valence electrons. The minimum absolute atomic E-state index is 0.0456. The summed E-state index contributed by atoms with van der Waals surface area (Å²) in [6.45, 7) is 0.860. The Kier molecular flexibility index (Phi) is 7.20. The maximum absolute atomic E-state index is 12.4. The first kappa shape index (κ1) is 18.9. The monoisotopic (exact) mass is 354 g/mol. The van der Waals surface area contributed by atoms with Crippen LogP contribution in [0.5, 0.6) is 0 Å². The van der Waals surface area contributed by atoms with Gasteiger partial charge in [0.25, 0.3) is 0 Å². The van der Waals surface area contributed by atoms with Crippen LogP contribution in [-0.4, -0.2) is 40.6 Å². The second-order valence-corrected chi connectivity index (χ2v) is 7.76. The van der Waals surface area contributed by atoms with Crippen LogP contribution in [-0.2, 0) is 14.8 Å². The predicted molar refractivity (Wildman–Crippen MR) is 92.5 cm³/mol. The summed E-state index contributed by atoms with van der Waals surface area (Å²) in [5.74, 6) is -0.660. The van der Waals surface area contributed by atoms with Gasteiger partial charge >= 0.3 is 5.97 Å². The molecule has 0 aromatic heterocycles. The van der Waals surface area contributed by atoms with E-state index in [9.17, 15) is 13.2 Å². The number of nitrogens with one attached hydrogen (secondary N) is 2. The second kappa shape index (κ2) is 9.15. The molecule has 1 aliphatic carbocycles. The molecule has 24 heavy (non-hydrogen) atoms. The van der Waals surface area contributed by atoms with Gasteiger partial charge < -0.3 is 10.1 Å². The third kappa shape index (κ3) is 5.29. The van der Waals surface area contributed by atoms with E-state index in [0.717, 1.165) is 12.8 Å². The zero-order valence-electron chi connectivity index (χ0n) is 14.1. The zero-order valence-corrected chi connectivity index (χ0v) is 14.9. The molecule has 0 heterocycles. The number of carbonyl (C=O) groups excluding carboxylic acids is 1. The summed E-state index contributed by atoms with van der Waals surface area (Å²) in [5, 5.41) is 3.42. The summed E-state index contributed by atoms with van der Waals surface area (Å²) in [5.41, 5.74) is 0.0456. The van der Waals surface area contributed by atoms with Crippen molar-refractivity contribution in [2.45, 2.75) is 49.5 Å². The van der Waals surface area contributed by atoms with Crippen LogP contribution in [0, 0.1) is 0 Å². The van der Waals surface area contributed by atoms with Crippen molar-refractivity contribution in [1.29, 1.82) is 0 Å². The summed E-state index contributed by atoms with van der Waals surface area (Å²) in [7, 11) is -2.52. The summed E-state index contributed by atoms with van der Waals surface area (Å²) >= 11 is 0. The fourth-order valence-electron chi connectivity index (χ4n) is 3.00. The molecule has 0 amide bonds. The Morgan fingerprint density at radius 3 is 2.46 bits per heavy atom. The minimum atomic E-state index is -3.75. The average molecular weight is 354 g/mol. The van der Waals surface area contributed by atoms with Crippen LogP contribution in [0.2, 0.25) is 0 Å². The van der Waals surface area contributed by atoms with Crippen LogP contribution in [0.1, 0.15) is 48.9 Å². The van der Waals surface area contributed by atoms with Crippen molar-refractivity contribution in [3.05, 3.63) is 29.8 Å². The van der Waals surface area contributed by atoms with Gasteiger partial charge in [-0.3, -0.25) is 0 Å². The molecular weight excluding hydrogens is 328 g/mol. The molecule has 0 spiro atoms. The average Bonchev–Trinajstić information content (AvgIpc) is 2.87. The van der Waals surface area contributed by atoms with Crippen molar-refractivity contribution in [3.63, 3.8) is 0 Å². The van der Waals surface area contributed by atoms with Crippen LogP contribution in [0.25, 0.3) is 0 Å². The van der Waals surface area contributed by atoms with E-state index in [1.54, 1.807) is 12.1 Å². The third-order valence-electron chi connectivity index (χ3n) is 4.29. The maximum Gasteiger partial charge on any atom is 0.339 e. The lowest BCUT2D eigenvalue weighted by atomic mass is 10.1. The van der Waals surface area contributed by atoms with E-state index in [4.69, 9.17) is 0 Å². The van der Waals surface area contributed by atoms with Crippen LogP contribution in [0.3, 0.4) is 0 Å². The van der Waals surface area contributed by atoms with Crippen LogP contribution < -0.4 is 10.0 Å². The first-order valence-corrected chi connectivity index (χ1v) is 9.93. The summed E-state index contributed by atoms with van der Waals surface area (Å²) in [4.78, 5) is 11.7. The number of benzene rings is 1. The predicted octanol–water partition coefficient (Wildman–Crippen LogP) is 2.06. The van der Waals surface area contributed by atoms with Gasteiger partial charge in [0.2, 0.25) is 10.0 Å². The van der Waals surface area contributed by atoms with Crippen LogP contribution >= 0.6 is 0 Å². The molecule has 1 aromatic rings. The molecule has 2 rings (SSSR count). The number of ether oxygens (including phenoxy) is 1. The molecule has 0 bridgehead atoms. The standard InChI is InChI=1S/C17H26N2O4S/c1-23-17(20)15-10-6-7-11-16(15)24(21,22)19-13-12-18-14-8-4-2-3-5-9-14/h6-7,10-11,14,18-19H,2-5,8-9,12-13H2,1H3. The van der Waals surface area contributed by atoms with Crippen molar-refractivity contribution < 1.29 is 17.9 Å². The van der Waals surface area contributed by atoms with Gasteiger partial charge in [-0.1, -0.05) is 37.8 Å². The smallest absolute Gasteiger partial charge is 0.339 e. The molecule has 1 aliphatic rings. The highest BCUT2D eigenvalue weighted by Gasteiger charge is 2.22. The molecule has 7 heteroatoms. The molecular formula is C17H26N2O4S. The van der Waals surface area contributed by atoms with Crippen molar-refractivity contribution in [1.82, 2.24) is 10.0 Å². The highest BCUT2D eigenvalue weighted by Crippen LogP contribution is 2.17. The van der Waals surface area contributed by atoms with Gasteiger partial charge in [-0.2, -0.15) is 0 Å². The summed E-state index contributed by atoms with van der Waals surface area (Å²) in [6.07, 6.45) is 7.34. The van der Waals surface area contributed by atoms with Crippen molar-refractivity contribution in [2.24, 2.45) is 0 Å². The molecule has 2 N–H and O–H groups in total. The first-order chi connectivity index (χ1) is 11.5. The number of hydrogen-bond acceptors (Lipinski definition) is 5.